The molecule has 22 heavy (non-hydrogen) atoms. The van der Waals surface area contributed by atoms with Crippen molar-refractivity contribution >= 4 is 39.6 Å². The van der Waals surface area contributed by atoms with Crippen LogP contribution in [0.2, 0.25) is 5.02 Å². The lowest BCUT2D eigenvalue weighted by Crippen LogP contribution is -2.01. The highest BCUT2D eigenvalue weighted by molar-refractivity contribution is 9.10. The summed E-state index contributed by atoms with van der Waals surface area (Å²) in [4.78, 5) is 10.6. The van der Waals surface area contributed by atoms with Crippen molar-refractivity contribution in [2.24, 2.45) is 0 Å². The first-order valence-corrected chi connectivity index (χ1v) is 7.40. The molecule has 0 radical (unpaired) electrons. The summed E-state index contributed by atoms with van der Waals surface area (Å²) in [5, 5.41) is 8.99. The summed E-state index contributed by atoms with van der Waals surface area (Å²) in [6.45, 7) is -0.0545. The molecule has 0 fully saturated rings. The number of carboxylic acids is 1. The van der Waals surface area contributed by atoms with Crippen molar-refractivity contribution < 1.29 is 19.0 Å². The molecule has 0 aliphatic heterocycles. The van der Waals surface area contributed by atoms with Crippen molar-refractivity contribution in [3.05, 3.63) is 68.9 Å². The Morgan fingerprint density at radius 3 is 2.82 bits per heavy atom. The van der Waals surface area contributed by atoms with Gasteiger partial charge in [0.2, 0.25) is 0 Å². The average Bonchev–Trinajstić information content (AvgIpc) is 2.46. The number of benzene rings is 2. The van der Waals surface area contributed by atoms with Crippen molar-refractivity contribution in [2.75, 3.05) is 0 Å². The van der Waals surface area contributed by atoms with Crippen LogP contribution >= 0.6 is 27.5 Å². The molecule has 114 valence electrons. The van der Waals surface area contributed by atoms with Gasteiger partial charge in [-0.3, -0.25) is 0 Å². The summed E-state index contributed by atoms with van der Waals surface area (Å²) in [7, 11) is 0. The molecule has 0 saturated carbocycles. The third-order valence-corrected chi connectivity index (χ3v) is 3.66. The summed E-state index contributed by atoms with van der Waals surface area (Å²) in [6, 6.07) is 9.52. The highest BCUT2D eigenvalue weighted by atomic mass is 79.9. The smallest absolute Gasteiger partial charge is 0.328 e. The summed E-state index contributed by atoms with van der Waals surface area (Å²) in [5.74, 6) is -1.09. The Kier molecular flexibility index (Phi) is 5.57. The number of carboxylic acid groups (broad SMARTS) is 1. The van der Waals surface area contributed by atoms with Crippen LogP contribution in [0.15, 0.2) is 46.9 Å². The molecule has 0 spiro atoms. The predicted octanol–water partition coefficient (Wildman–Crippen LogP) is 4.92. The van der Waals surface area contributed by atoms with E-state index in [2.05, 4.69) is 15.9 Å². The molecule has 3 nitrogen and oxygen atoms in total. The van der Waals surface area contributed by atoms with Crippen molar-refractivity contribution in [1.82, 2.24) is 0 Å². The van der Waals surface area contributed by atoms with Crippen molar-refractivity contribution in [3.8, 4) is 5.75 Å². The largest absolute Gasteiger partial charge is 0.488 e. The van der Waals surface area contributed by atoms with Gasteiger partial charge >= 0.3 is 5.97 Å². The lowest BCUT2D eigenvalue weighted by molar-refractivity contribution is -0.131. The van der Waals surface area contributed by atoms with Gasteiger partial charge < -0.3 is 9.84 Å². The average molecular weight is 386 g/mol. The second-order valence-electron chi connectivity index (χ2n) is 4.34. The van der Waals surface area contributed by atoms with Crippen LogP contribution in [0.5, 0.6) is 5.75 Å². The van der Waals surface area contributed by atoms with Crippen LogP contribution in [0.1, 0.15) is 11.1 Å². The Hall–Kier alpha value is -1.85. The van der Waals surface area contributed by atoms with Gasteiger partial charge in [0.25, 0.3) is 0 Å². The number of carbonyl (C=O) groups is 1. The van der Waals surface area contributed by atoms with E-state index in [9.17, 15) is 9.18 Å². The van der Waals surface area contributed by atoms with Crippen molar-refractivity contribution in [1.29, 1.82) is 0 Å². The van der Waals surface area contributed by atoms with Gasteiger partial charge in [0.1, 0.15) is 18.2 Å². The lowest BCUT2D eigenvalue weighted by atomic mass is 10.2. The van der Waals surface area contributed by atoms with Gasteiger partial charge in [-0.25, -0.2) is 9.18 Å². The molecule has 6 heteroatoms. The molecule has 1 N–H and O–H groups in total. The first-order chi connectivity index (χ1) is 10.5. The van der Waals surface area contributed by atoms with Crippen LogP contribution in [0.25, 0.3) is 6.08 Å². The molecule has 2 rings (SSSR count). The summed E-state index contributed by atoms with van der Waals surface area (Å²) < 4.78 is 20.1. The summed E-state index contributed by atoms with van der Waals surface area (Å²) in [5.41, 5.74) is 0.810. The number of aliphatic carboxylic acids is 1. The Bertz CT molecular complexity index is 711. The van der Waals surface area contributed by atoms with Gasteiger partial charge in [-0.1, -0.05) is 33.6 Å². The third-order valence-electron chi connectivity index (χ3n) is 2.81. The number of ether oxygens (including phenoxy) is 1. The van der Waals surface area contributed by atoms with Crippen molar-refractivity contribution in [3.63, 3.8) is 0 Å². The number of hydrogen-bond acceptors (Lipinski definition) is 2. The number of rotatable bonds is 5. The minimum Gasteiger partial charge on any atom is -0.488 e. The van der Waals surface area contributed by atoms with Gasteiger partial charge in [-0.15, -0.1) is 0 Å². The molecule has 0 bridgehead atoms. The molecule has 0 atom stereocenters. The maximum atomic E-state index is 13.7. The minimum atomic E-state index is -1.07. The highest BCUT2D eigenvalue weighted by Crippen LogP contribution is 2.27. The van der Waals surface area contributed by atoms with Crippen LogP contribution in [0.4, 0.5) is 4.39 Å². The van der Waals surface area contributed by atoms with Crippen LogP contribution in [-0.2, 0) is 11.4 Å². The summed E-state index contributed by atoms with van der Waals surface area (Å²) in [6.07, 6.45) is 2.41. The Balaban J connectivity index is 2.24. The molecule has 0 amide bonds. The maximum Gasteiger partial charge on any atom is 0.328 e. The van der Waals surface area contributed by atoms with E-state index in [-0.39, 0.29) is 17.2 Å². The first kappa shape index (κ1) is 16.5. The first-order valence-electron chi connectivity index (χ1n) is 6.23. The monoisotopic (exact) mass is 384 g/mol. The molecular formula is C16H11BrClFO3. The SMILES string of the molecule is O=C(O)/C=C/c1cc(Br)ccc1OCc1c(F)cccc1Cl. The summed E-state index contributed by atoms with van der Waals surface area (Å²) >= 11 is 9.25. The molecule has 2 aromatic rings. The van der Waals surface area contributed by atoms with E-state index in [0.717, 1.165) is 10.5 Å². The van der Waals surface area contributed by atoms with E-state index in [1.165, 1.54) is 18.2 Å². The zero-order valence-electron chi connectivity index (χ0n) is 11.2. The Labute approximate surface area is 140 Å². The molecular weight excluding hydrogens is 375 g/mol. The molecule has 0 unspecified atom stereocenters. The van der Waals surface area contributed by atoms with Gasteiger partial charge in [0, 0.05) is 21.7 Å². The fraction of sp³-hybridized carbons (Fsp3) is 0.0625. The van der Waals surface area contributed by atoms with Crippen LogP contribution in [0, 0.1) is 5.82 Å². The maximum absolute atomic E-state index is 13.7. The van der Waals surface area contributed by atoms with E-state index < -0.39 is 11.8 Å². The number of hydrogen-bond donors (Lipinski definition) is 1. The van der Waals surface area contributed by atoms with Gasteiger partial charge in [0.15, 0.2) is 0 Å². The highest BCUT2D eigenvalue weighted by Gasteiger charge is 2.09. The molecule has 0 aromatic heterocycles. The minimum absolute atomic E-state index is 0.0545. The lowest BCUT2D eigenvalue weighted by Gasteiger charge is -2.11. The fourth-order valence-corrected chi connectivity index (χ4v) is 2.36. The van der Waals surface area contributed by atoms with E-state index in [4.69, 9.17) is 21.4 Å². The van der Waals surface area contributed by atoms with E-state index >= 15 is 0 Å². The predicted molar refractivity (Wildman–Crippen MR) is 86.6 cm³/mol. The van der Waals surface area contributed by atoms with Crippen LogP contribution in [-0.4, -0.2) is 11.1 Å². The Morgan fingerprint density at radius 1 is 1.36 bits per heavy atom. The zero-order chi connectivity index (χ0) is 16.1. The van der Waals surface area contributed by atoms with Crippen LogP contribution < -0.4 is 4.74 Å². The normalized spacial score (nSPS) is 10.9. The Morgan fingerprint density at radius 2 is 2.14 bits per heavy atom. The van der Waals surface area contributed by atoms with Gasteiger partial charge in [0.05, 0.1) is 5.02 Å². The third kappa shape index (κ3) is 4.32. The van der Waals surface area contributed by atoms with E-state index in [1.54, 1.807) is 24.3 Å². The molecule has 0 heterocycles. The topological polar surface area (TPSA) is 46.5 Å². The molecule has 0 saturated heterocycles. The van der Waals surface area contributed by atoms with E-state index in [1.807, 2.05) is 0 Å². The van der Waals surface area contributed by atoms with Gasteiger partial charge in [-0.05, 0) is 36.4 Å². The zero-order valence-corrected chi connectivity index (χ0v) is 13.6. The van der Waals surface area contributed by atoms with E-state index in [0.29, 0.717) is 11.3 Å². The molecule has 0 aliphatic carbocycles. The number of halogens is 3. The molecule has 0 aliphatic rings. The standard InChI is InChI=1S/C16H11BrClFO3/c17-11-5-6-15(10(8-11)4-7-16(20)21)22-9-12-13(18)2-1-3-14(12)19/h1-8H,9H2,(H,20,21)/b7-4+. The van der Waals surface area contributed by atoms with Gasteiger partial charge in [-0.2, -0.15) is 0 Å². The molecule has 2 aromatic carbocycles. The second-order valence-corrected chi connectivity index (χ2v) is 5.67. The van der Waals surface area contributed by atoms with Crippen LogP contribution in [0.3, 0.4) is 0 Å². The quantitative estimate of drug-likeness (QED) is 0.743. The van der Waals surface area contributed by atoms with Crippen molar-refractivity contribution in [2.45, 2.75) is 6.61 Å². The second kappa shape index (κ2) is 7.42. The fourth-order valence-electron chi connectivity index (χ4n) is 1.76.